The summed E-state index contributed by atoms with van der Waals surface area (Å²) in [5.74, 6) is -0.238. The van der Waals surface area contributed by atoms with Gasteiger partial charge in [-0.05, 0) is 18.9 Å². The van der Waals surface area contributed by atoms with Gasteiger partial charge in [0, 0.05) is 5.41 Å². The maximum Gasteiger partial charge on any atom is 0.339 e. The molecule has 1 aromatic rings. The molecule has 0 spiro atoms. The lowest BCUT2D eigenvalue weighted by Crippen LogP contribution is -2.23. The zero-order chi connectivity index (χ0) is 14.3. The average molecular weight is 266 g/mol. The molecule has 0 aliphatic rings. The van der Waals surface area contributed by atoms with E-state index in [0.717, 1.165) is 25.7 Å². The molecule has 1 unspecified atom stereocenters. The largest absolute Gasteiger partial charge is 0.478 e. The lowest BCUT2D eigenvalue weighted by molar-refractivity contribution is 0.0690. The summed E-state index contributed by atoms with van der Waals surface area (Å²) in [6.07, 6.45) is 9.28. The molecule has 0 fully saturated rings. The zero-order valence-electron chi connectivity index (χ0n) is 12.4. The van der Waals surface area contributed by atoms with Gasteiger partial charge in [0.1, 0.15) is 11.3 Å². The Hall–Kier alpha value is -1.25. The van der Waals surface area contributed by atoms with Crippen molar-refractivity contribution >= 4 is 5.97 Å². The Morgan fingerprint density at radius 2 is 1.95 bits per heavy atom. The summed E-state index contributed by atoms with van der Waals surface area (Å²) in [6.45, 7) is 6.46. The molecule has 1 atom stereocenters. The molecular weight excluding hydrogens is 240 g/mol. The maximum absolute atomic E-state index is 11.3. The van der Waals surface area contributed by atoms with Crippen molar-refractivity contribution in [3.8, 4) is 0 Å². The second kappa shape index (κ2) is 7.37. The van der Waals surface area contributed by atoms with E-state index in [1.807, 2.05) is 0 Å². The molecule has 1 N–H and O–H groups in total. The number of hydrogen-bond donors (Lipinski definition) is 1. The molecule has 1 aromatic heterocycles. The first-order valence-electron chi connectivity index (χ1n) is 7.36. The summed E-state index contributed by atoms with van der Waals surface area (Å²) in [6, 6.07) is 1.57. The van der Waals surface area contributed by atoms with Crippen LogP contribution in [0.15, 0.2) is 16.7 Å². The molecule has 0 aliphatic carbocycles. The quantitative estimate of drug-likeness (QED) is 0.639. The van der Waals surface area contributed by atoms with Gasteiger partial charge >= 0.3 is 5.97 Å². The van der Waals surface area contributed by atoms with Crippen molar-refractivity contribution < 1.29 is 14.3 Å². The minimum absolute atomic E-state index is 0.153. The van der Waals surface area contributed by atoms with Crippen LogP contribution in [0.1, 0.15) is 81.8 Å². The first kappa shape index (κ1) is 15.8. The Bertz CT molecular complexity index is 394. The van der Waals surface area contributed by atoms with Crippen molar-refractivity contribution in [2.75, 3.05) is 0 Å². The molecule has 0 aromatic carbocycles. The summed E-state index contributed by atoms with van der Waals surface area (Å²) in [5.41, 5.74) is 0.172. The fourth-order valence-corrected chi connectivity index (χ4v) is 2.79. The van der Waals surface area contributed by atoms with Crippen LogP contribution in [0, 0.1) is 0 Å². The van der Waals surface area contributed by atoms with Crippen LogP contribution in [-0.4, -0.2) is 11.1 Å². The molecule has 1 rings (SSSR count). The van der Waals surface area contributed by atoms with Crippen molar-refractivity contribution in [2.45, 2.75) is 71.1 Å². The molecule has 0 saturated heterocycles. The Kier molecular flexibility index (Phi) is 6.13. The Balaban J connectivity index is 2.84. The predicted molar refractivity (Wildman–Crippen MR) is 76.7 cm³/mol. The van der Waals surface area contributed by atoms with Crippen LogP contribution in [-0.2, 0) is 5.41 Å². The molecule has 1 heterocycles. The monoisotopic (exact) mass is 266 g/mol. The fourth-order valence-electron chi connectivity index (χ4n) is 2.79. The van der Waals surface area contributed by atoms with Gasteiger partial charge < -0.3 is 9.52 Å². The van der Waals surface area contributed by atoms with Gasteiger partial charge in [0.05, 0.1) is 6.26 Å². The molecule has 108 valence electrons. The summed E-state index contributed by atoms with van der Waals surface area (Å²) >= 11 is 0. The number of aromatic carboxylic acids is 1. The van der Waals surface area contributed by atoms with E-state index >= 15 is 0 Å². The second-order valence-corrected chi connectivity index (χ2v) is 5.59. The van der Waals surface area contributed by atoms with Gasteiger partial charge in [-0.25, -0.2) is 4.79 Å². The van der Waals surface area contributed by atoms with Crippen molar-refractivity contribution in [1.29, 1.82) is 0 Å². The fraction of sp³-hybridized carbons (Fsp3) is 0.688. The van der Waals surface area contributed by atoms with Crippen molar-refractivity contribution in [1.82, 2.24) is 0 Å². The second-order valence-electron chi connectivity index (χ2n) is 5.59. The minimum atomic E-state index is -0.889. The first-order valence-corrected chi connectivity index (χ1v) is 7.36. The van der Waals surface area contributed by atoms with E-state index in [4.69, 9.17) is 4.42 Å². The van der Waals surface area contributed by atoms with E-state index in [2.05, 4.69) is 20.8 Å². The number of carboxylic acid groups (broad SMARTS) is 1. The van der Waals surface area contributed by atoms with Gasteiger partial charge in [-0.15, -0.1) is 0 Å². The molecule has 3 nitrogen and oxygen atoms in total. The molecule has 3 heteroatoms. The van der Waals surface area contributed by atoms with Crippen molar-refractivity contribution in [2.24, 2.45) is 0 Å². The van der Waals surface area contributed by atoms with Crippen LogP contribution >= 0.6 is 0 Å². The molecule has 0 radical (unpaired) electrons. The summed E-state index contributed by atoms with van der Waals surface area (Å²) in [5, 5.41) is 9.24. The normalized spacial score (nSPS) is 14.3. The number of rotatable bonds is 9. The average Bonchev–Trinajstić information content (AvgIpc) is 2.85. The lowest BCUT2D eigenvalue weighted by atomic mass is 9.77. The third-order valence-corrected chi connectivity index (χ3v) is 3.83. The number of unbranched alkanes of at least 4 members (excludes halogenated alkanes) is 3. The highest BCUT2D eigenvalue weighted by Crippen LogP contribution is 2.37. The van der Waals surface area contributed by atoms with E-state index < -0.39 is 5.97 Å². The Morgan fingerprint density at radius 3 is 2.53 bits per heavy atom. The van der Waals surface area contributed by atoms with Gasteiger partial charge in [-0.1, -0.05) is 52.9 Å². The number of hydrogen-bond acceptors (Lipinski definition) is 2. The third-order valence-electron chi connectivity index (χ3n) is 3.83. The van der Waals surface area contributed by atoms with E-state index in [1.165, 1.54) is 25.5 Å². The van der Waals surface area contributed by atoms with Gasteiger partial charge in [0.25, 0.3) is 0 Å². The third kappa shape index (κ3) is 4.12. The molecule has 0 saturated carbocycles. The predicted octanol–water partition coefficient (Wildman–Crippen LogP) is 5.01. The van der Waals surface area contributed by atoms with Crippen LogP contribution in [0.25, 0.3) is 0 Å². The molecule has 0 amide bonds. The summed E-state index contributed by atoms with van der Waals surface area (Å²) < 4.78 is 5.52. The number of carbonyl (C=O) groups is 1. The summed E-state index contributed by atoms with van der Waals surface area (Å²) in [7, 11) is 0. The molecule has 19 heavy (non-hydrogen) atoms. The van der Waals surface area contributed by atoms with E-state index in [1.54, 1.807) is 6.07 Å². The Morgan fingerprint density at radius 1 is 1.21 bits per heavy atom. The van der Waals surface area contributed by atoms with Crippen LogP contribution in [0.2, 0.25) is 0 Å². The van der Waals surface area contributed by atoms with Gasteiger partial charge in [0.2, 0.25) is 0 Å². The summed E-state index contributed by atoms with van der Waals surface area (Å²) in [4.78, 5) is 11.3. The topological polar surface area (TPSA) is 50.4 Å². The van der Waals surface area contributed by atoms with E-state index in [-0.39, 0.29) is 5.41 Å². The smallest absolute Gasteiger partial charge is 0.339 e. The number of furan rings is 1. The van der Waals surface area contributed by atoms with Crippen LogP contribution in [0.4, 0.5) is 0 Å². The molecule has 0 bridgehead atoms. The highest BCUT2D eigenvalue weighted by Gasteiger charge is 2.32. The van der Waals surface area contributed by atoms with Gasteiger partial charge in [-0.2, -0.15) is 0 Å². The SMILES string of the molecule is CCCCCCC(C)(CCC)c1occc1C(=O)O. The highest BCUT2D eigenvalue weighted by atomic mass is 16.4. The van der Waals surface area contributed by atoms with Crippen molar-refractivity contribution in [3.05, 3.63) is 23.7 Å². The lowest BCUT2D eigenvalue weighted by Gasteiger charge is -2.28. The first-order chi connectivity index (χ1) is 9.05. The van der Waals surface area contributed by atoms with E-state index in [0.29, 0.717) is 11.3 Å². The molecule has 0 aliphatic heterocycles. The van der Waals surface area contributed by atoms with Crippen LogP contribution < -0.4 is 0 Å². The zero-order valence-corrected chi connectivity index (χ0v) is 12.4. The standard InChI is InChI=1S/C16H26O3/c1-4-6-7-8-11-16(3,10-5-2)14-13(15(17)18)9-12-19-14/h9,12H,4-8,10-11H2,1-3H3,(H,17,18). The number of carboxylic acids is 1. The Labute approximate surface area is 116 Å². The van der Waals surface area contributed by atoms with Crippen LogP contribution in [0.3, 0.4) is 0 Å². The van der Waals surface area contributed by atoms with Crippen molar-refractivity contribution in [3.63, 3.8) is 0 Å². The van der Waals surface area contributed by atoms with E-state index in [9.17, 15) is 9.90 Å². The molecular formula is C16H26O3. The van der Waals surface area contributed by atoms with Crippen LogP contribution in [0.5, 0.6) is 0 Å². The minimum Gasteiger partial charge on any atom is -0.478 e. The van der Waals surface area contributed by atoms with Gasteiger partial charge in [-0.3, -0.25) is 0 Å². The highest BCUT2D eigenvalue weighted by molar-refractivity contribution is 5.89. The maximum atomic E-state index is 11.3. The van der Waals surface area contributed by atoms with Gasteiger partial charge in [0.15, 0.2) is 0 Å².